The molecule has 72 valence electrons. The van der Waals surface area contributed by atoms with Crippen LogP contribution < -0.4 is 0 Å². The zero-order valence-electron chi connectivity index (χ0n) is 7.83. The van der Waals surface area contributed by atoms with Gasteiger partial charge >= 0.3 is 0 Å². The zero-order valence-corrected chi connectivity index (χ0v) is 8.59. The van der Waals surface area contributed by atoms with Crippen molar-refractivity contribution < 1.29 is 5.11 Å². The maximum Gasteiger partial charge on any atom is 0.115 e. The first-order valence-electron chi connectivity index (χ1n) is 4.67. The van der Waals surface area contributed by atoms with Crippen LogP contribution in [0.4, 0.5) is 0 Å². The maximum atomic E-state index is 9.23. The predicted octanol–water partition coefficient (Wildman–Crippen LogP) is 3.86. The summed E-state index contributed by atoms with van der Waals surface area (Å²) in [6, 6.07) is 7.17. The second-order valence-electron chi connectivity index (χ2n) is 3.20. The third-order valence-electron chi connectivity index (χ3n) is 2.04. The fourth-order valence-corrected chi connectivity index (χ4v) is 1.56. The van der Waals surface area contributed by atoms with Gasteiger partial charge in [0.05, 0.1) is 5.38 Å². The Morgan fingerprint density at radius 1 is 1.46 bits per heavy atom. The molecule has 0 amide bonds. The lowest BCUT2D eigenvalue weighted by Gasteiger charge is -2.08. The molecule has 2 heteroatoms. The van der Waals surface area contributed by atoms with Crippen molar-refractivity contribution in [2.75, 3.05) is 0 Å². The molecule has 0 aliphatic heterocycles. The van der Waals surface area contributed by atoms with Gasteiger partial charge in [-0.1, -0.05) is 31.9 Å². The minimum Gasteiger partial charge on any atom is -0.508 e. The molecule has 0 aromatic heterocycles. The second kappa shape index (κ2) is 5.13. The summed E-state index contributed by atoms with van der Waals surface area (Å²) >= 11 is 6.15. The Morgan fingerprint density at radius 2 is 2.23 bits per heavy atom. The van der Waals surface area contributed by atoms with Gasteiger partial charge in [0.1, 0.15) is 5.75 Å². The van der Waals surface area contributed by atoms with Crippen molar-refractivity contribution in [1.29, 1.82) is 0 Å². The minimum absolute atomic E-state index is 0.0343. The van der Waals surface area contributed by atoms with Crippen LogP contribution in [-0.2, 0) is 0 Å². The summed E-state index contributed by atoms with van der Waals surface area (Å²) in [6.07, 6.45) is 3.26. The average Bonchev–Trinajstić information content (AvgIpc) is 2.14. The van der Waals surface area contributed by atoms with Crippen LogP contribution in [0.2, 0.25) is 0 Å². The Labute approximate surface area is 84.4 Å². The number of phenolic OH excluding ortho intramolecular Hbond substituents is 1. The molecule has 0 radical (unpaired) electrons. The topological polar surface area (TPSA) is 20.2 Å². The highest BCUT2D eigenvalue weighted by Crippen LogP contribution is 2.28. The summed E-state index contributed by atoms with van der Waals surface area (Å²) < 4.78 is 0. The van der Waals surface area contributed by atoms with Crippen molar-refractivity contribution in [2.24, 2.45) is 0 Å². The third kappa shape index (κ3) is 3.27. The van der Waals surface area contributed by atoms with Gasteiger partial charge in [0.15, 0.2) is 0 Å². The summed E-state index contributed by atoms with van der Waals surface area (Å²) in [5, 5.41) is 9.26. The number of alkyl halides is 1. The molecule has 0 saturated heterocycles. The molecule has 1 aromatic carbocycles. The van der Waals surface area contributed by atoms with Crippen molar-refractivity contribution in [3.05, 3.63) is 29.8 Å². The highest BCUT2D eigenvalue weighted by atomic mass is 35.5. The third-order valence-corrected chi connectivity index (χ3v) is 2.51. The van der Waals surface area contributed by atoms with E-state index in [1.165, 1.54) is 0 Å². The Hall–Kier alpha value is -0.690. The smallest absolute Gasteiger partial charge is 0.115 e. The molecule has 0 spiro atoms. The average molecular weight is 199 g/mol. The molecule has 13 heavy (non-hydrogen) atoms. The van der Waals surface area contributed by atoms with Crippen LogP contribution in [0.5, 0.6) is 5.75 Å². The Bertz CT molecular complexity index is 260. The van der Waals surface area contributed by atoms with Gasteiger partial charge in [-0.3, -0.25) is 0 Å². The minimum atomic E-state index is 0.0343. The molecule has 0 aliphatic rings. The highest BCUT2D eigenvalue weighted by Gasteiger charge is 2.06. The summed E-state index contributed by atoms with van der Waals surface area (Å²) in [5.74, 6) is 0.291. The molecular formula is C11H15ClO. The summed E-state index contributed by atoms with van der Waals surface area (Å²) in [4.78, 5) is 0. The number of unbranched alkanes of at least 4 members (excludes halogenated alkanes) is 1. The molecule has 0 heterocycles. The number of hydrogen-bond donors (Lipinski definition) is 1. The Kier molecular flexibility index (Phi) is 4.10. The van der Waals surface area contributed by atoms with Crippen LogP contribution >= 0.6 is 11.6 Å². The lowest BCUT2D eigenvalue weighted by molar-refractivity contribution is 0.474. The molecule has 0 saturated carbocycles. The monoisotopic (exact) mass is 198 g/mol. The summed E-state index contributed by atoms with van der Waals surface area (Å²) in [6.45, 7) is 2.14. The van der Waals surface area contributed by atoms with Crippen molar-refractivity contribution in [1.82, 2.24) is 0 Å². The van der Waals surface area contributed by atoms with Crippen molar-refractivity contribution >= 4 is 11.6 Å². The Morgan fingerprint density at radius 3 is 2.85 bits per heavy atom. The lowest BCUT2D eigenvalue weighted by atomic mass is 10.1. The molecule has 0 fully saturated rings. The molecule has 1 nitrogen and oxygen atoms in total. The quantitative estimate of drug-likeness (QED) is 0.729. The SMILES string of the molecule is CCCCC(Cl)c1cccc(O)c1. The Balaban J connectivity index is 2.60. The van der Waals surface area contributed by atoms with Crippen LogP contribution in [0, 0.1) is 0 Å². The summed E-state index contributed by atoms with van der Waals surface area (Å²) in [5.41, 5.74) is 1.01. The first kappa shape index (κ1) is 10.4. The van der Waals surface area contributed by atoms with Crippen molar-refractivity contribution in [3.8, 4) is 5.75 Å². The highest BCUT2D eigenvalue weighted by molar-refractivity contribution is 6.20. The largest absolute Gasteiger partial charge is 0.508 e. The van der Waals surface area contributed by atoms with E-state index in [9.17, 15) is 5.11 Å². The van der Waals surface area contributed by atoms with Gasteiger partial charge in [-0.2, -0.15) is 0 Å². The number of hydrogen-bond acceptors (Lipinski definition) is 1. The molecular weight excluding hydrogens is 184 g/mol. The lowest BCUT2D eigenvalue weighted by Crippen LogP contribution is -1.89. The van der Waals surface area contributed by atoms with Gasteiger partial charge in [-0.25, -0.2) is 0 Å². The van der Waals surface area contributed by atoms with E-state index in [1.54, 1.807) is 12.1 Å². The molecule has 0 aliphatic carbocycles. The number of aromatic hydroxyl groups is 1. The van der Waals surface area contributed by atoms with Crippen molar-refractivity contribution in [3.63, 3.8) is 0 Å². The van der Waals surface area contributed by atoms with E-state index >= 15 is 0 Å². The number of benzene rings is 1. The van der Waals surface area contributed by atoms with Gasteiger partial charge < -0.3 is 5.11 Å². The number of phenols is 1. The van der Waals surface area contributed by atoms with E-state index in [0.29, 0.717) is 5.75 Å². The van der Waals surface area contributed by atoms with E-state index < -0.39 is 0 Å². The van der Waals surface area contributed by atoms with E-state index in [2.05, 4.69) is 6.92 Å². The van der Waals surface area contributed by atoms with E-state index in [0.717, 1.165) is 24.8 Å². The molecule has 1 unspecified atom stereocenters. The number of rotatable bonds is 4. The molecule has 1 aromatic rings. The van der Waals surface area contributed by atoms with Crippen LogP contribution in [0.3, 0.4) is 0 Å². The van der Waals surface area contributed by atoms with Crippen LogP contribution in [-0.4, -0.2) is 5.11 Å². The zero-order chi connectivity index (χ0) is 9.68. The molecule has 0 bridgehead atoms. The van der Waals surface area contributed by atoms with Gasteiger partial charge in [0.25, 0.3) is 0 Å². The number of halogens is 1. The van der Waals surface area contributed by atoms with Crippen molar-refractivity contribution in [2.45, 2.75) is 31.6 Å². The maximum absolute atomic E-state index is 9.23. The van der Waals surface area contributed by atoms with E-state index in [1.807, 2.05) is 12.1 Å². The summed E-state index contributed by atoms with van der Waals surface area (Å²) in [7, 11) is 0. The van der Waals surface area contributed by atoms with Gasteiger partial charge in [-0.05, 0) is 24.1 Å². The van der Waals surface area contributed by atoms with Gasteiger partial charge in [-0.15, -0.1) is 11.6 Å². The van der Waals surface area contributed by atoms with Gasteiger partial charge in [0, 0.05) is 0 Å². The van der Waals surface area contributed by atoms with E-state index in [-0.39, 0.29) is 5.38 Å². The molecule has 1 N–H and O–H groups in total. The fourth-order valence-electron chi connectivity index (χ4n) is 1.27. The predicted molar refractivity (Wildman–Crippen MR) is 56.2 cm³/mol. The van der Waals surface area contributed by atoms with Crippen LogP contribution in [0.15, 0.2) is 24.3 Å². The normalized spacial score (nSPS) is 12.8. The van der Waals surface area contributed by atoms with Crippen LogP contribution in [0.25, 0.3) is 0 Å². The first-order valence-corrected chi connectivity index (χ1v) is 5.10. The van der Waals surface area contributed by atoms with Gasteiger partial charge in [0.2, 0.25) is 0 Å². The second-order valence-corrected chi connectivity index (χ2v) is 3.73. The fraction of sp³-hybridized carbons (Fsp3) is 0.455. The van der Waals surface area contributed by atoms with E-state index in [4.69, 9.17) is 11.6 Å². The standard InChI is InChI=1S/C11H15ClO/c1-2-3-7-11(12)9-5-4-6-10(13)8-9/h4-6,8,11,13H,2-3,7H2,1H3. The molecule has 1 atom stereocenters. The molecule has 1 rings (SSSR count). The van der Waals surface area contributed by atoms with Crippen LogP contribution in [0.1, 0.15) is 37.1 Å². The first-order chi connectivity index (χ1) is 6.24.